The second-order valence-corrected chi connectivity index (χ2v) is 4.40. The minimum atomic E-state index is 0.591. The van der Waals surface area contributed by atoms with Gasteiger partial charge in [0.15, 0.2) is 6.29 Å². The molecule has 92 valence electrons. The van der Waals surface area contributed by atoms with E-state index < -0.39 is 0 Å². The van der Waals surface area contributed by atoms with Gasteiger partial charge in [-0.25, -0.2) is 0 Å². The molecule has 0 heterocycles. The van der Waals surface area contributed by atoms with Crippen LogP contribution in [0.3, 0.4) is 0 Å². The molecule has 0 aromatic heterocycles. The normalized spacial score (nSPS) is 10.2. The smallest absolute Gasteiger partial charge is 0.153 e. The predicted molar refractivity (Wildman–Crippen MR) is 73.3 cm³/mol. The third-order valence-electron chi connectivity index (χ3n) is 3.02. The maximum Gasteiger partial charge on any atom is 0.153 e. The molecule has 0 amide bonds. The highest BCUT2D eigenvalue weighted by molar-refractivity contribution is 5.84. The van der Waals surface area contributed by atoms with Crippen molar-refractivity contribution in [2.24, 2.45) is 0 Å². The summed E-state index contributed by atoms with van der Waals surface area (Å²) in [5.41, 5.74) is 4.93. The second-order valence-electron chi connectivity index (χ2n) is 4.40. The lowest BCUT2D eigenvalue weighted by Crippen LogP contribution is -1.95. The molecular formula is C16H16O2. The number of hydrogen-bond acceptors (Lipinski definition) is 2. The van der Waals surface area contributed by atoms with Crippen molar-refractivity contribution in [3.05, 3.63) is 53.1 Å². The molecule has 0 saturated carbocycles. The fourth-order valence-electron chi connectivity index (χ4n) is 2.08. The number of hydrogen-bond donors (Lipinski definition) is 0. The molecule has 0 spiro atoms. The Morgan fingerprint density at radius 3 is 2.22 bits per heavy atom. The first kappa shape index (κ1) is 12.4. The zero-order valence-electron chi connectivity index (χ0n) is 10.9. The molecule has 2 rings (SSSR count). The summed E-state index contributed by atoms with van der Waals surface area (Å²) in [7, 11) is 1.58. The maximum absolute atomic E-state index is 11.1. The first-order chi connectivity index (χ1) is 8.65. The van der Waals surface area contributed by atoms with Gasteiger partial charge in [-0.15, -0.1) is 0 Å². The van der Waals surface area contributed by atoms with Crippen molar-refractivity contribution in [3.63, 3.8) is 0 Å². The molecule has 0 radical (unpaired) electrons. The molecular weight excluding hydrogens is 224 g/mol. The average molecular weight is 240 g/mol. The number of benzene rings is 2. The van der Waals surface area contributed by atoms with E-state index in [0.29, 0.717) is 11.3 Å². The van der Waals surface area contributed by atoms with Gasteiger partial charge in [0.2, 0.25) is 0 Å². The van der Waals surface area contributed by atoms with E-state index in [1.807, 2.05) is 19.1 Å². The molecule has 2 nitrogen and oxygen atoms in total. The highest BCUT2D eigenvalue weighted by atomic mass is 16.5. The number of carbonyl (C=O) groups excluding carboxylic acids is 1. The van der Waals surface area contributed by atoms with Crippen molar-refractivity contribution in [2.75, 3.05) is 7.11 Å². The van der Waals surface area contributed by atoms with Crippen molar-refractivity contribution in [2.45, 2.75) is 13.8 Å². The zero-order chi connectivity index (χ0) is 13.1. The Balaban J connectivity index is 2.55. The Morgan fingerprint density at radius 1 is 1.00 bits per heavy atom. The van der Waals surface area contributed by atoms with Gasteiger partial charge >= 0.3 is 0 Å². The number of rotatable bonds is 3. The molecule has 2 aromatic carbocycles. The summed E-state index contributed by atoms with van der Waals surface area (Å²) in [6.07, 6.45) is 0.837. The lowest BCUT2D eigenvalue weighted by molar-refractivity contribution is 0.112. The zero-order valence-corrected chi connectivity index (χ0v) is 10.9. The van der Waals surface area contributed by atoms with E-state index >= 15 is 0 Å². The molecule has 2 heteroatoms. The quantitative estimate of drug-likeness (QED) is 0.763. The minimum absolute atomic E-state index is 0.591. The van der Waals surface area contributed by atoms with Gasteiger partial charge in [-0.3, -0.25) is 4.79 Å². The molecule has 0 bridgehead atoms. The largest absolute Gasteiger partial charge is 0.496 e. The molecule has 2 aromatic rings. The fraction of sp³-hybridized carbons (Fsp3) is 0.188. The Morgan fingerprint density at radius 2 is 1.67 bits per heavy atom. The number of methoxy groups -OCH3 is 1. The lowest BCUT2D eigenvalue weighted by Gasteiger charge is -2.11. The summed E-state index contributed by atoms with van der Waals surface area (Å²) in [5.74, 6) is 0.654. The number of carbonyl (C=O) groups is 1. The molecule has 18 heavy (non-hydrogen) atoms. The fourth-order valence-corrected chi connectivity index (χ4v) is 2.08. The molecule has 0 unspecified atom stereocenters. The maximum atomic E-state index is 11.1. The van der Waals surface area contributed by atoms with Crippen LogP contribution in [0, 0.1) is 13.8 Å². The third kappa shape index (κ3) is 2.28. The van der Waals surface area contributed by atoms with E-state index in [4.69, 9.17) is 4.74 Å². The minimum Gasteiger partial charge on any atom is -0.496 e. The van der Waals surface area contributed by atoms with Crippen molar-refractivity contribution in [1.29, 1.82) is 0 Å². The van der Waals surface area contributed by atoms with Gasteiger partial charge in [0, 0.05) is 0 Å². The van der Waals surface area contributed by atoms with Crippen LogP contribution in [0.25, 0.3) is 11.1 Å². The first-order valence-electron chi connectivity index (χ1n) is 5.86. The standard InChI is InChI=1S/C16H16O2/c1-11-4-6-13(7-5-11)14-8-12(2)16(18-3)15(9-14)10-17/h4-10H,1-3H3. The van der Waals surface area contributed by atoms with Crippen molar-refractivity contribution in [3.8, 4) is 16.9 Å². The first-order valence-corrected chi connectivity index (χ1v) is 5.86. The number of ether oxygens (including phenoxy) is 1. The van der Waals surface area contributed by atoms with Crippen LogP contribution in [-0.2, 0) is 0 Å². The van der Waals surface area contributed by atoms with Crippen molar-refractivity contribution >= 4 is 6.29 Å². The Hall–Kier alpha value is -2.09. The molecule has 0 fully saturated rings. The Kier molecular flexibility index (Phi) is 3.47. The van der Waals surface area contributed by atoms with Crippen LogP contribution in [0.15, 0.2) is 36.4 Å². The van der Waals surface area contributed by atoms with E-state index in [9.17, 15) is 4.79 Å². The number of aryl methyl sites for hydroxylation is 2. The van der Waals surface area contributed by atoms with Crippen LogP contribution >= 0.6 is 0 Å². The van der Waals surface area contributed by atoms with E-state index in [1.165, 1.54) is 5.56 Å². The summed E-state index contributed by atoms with van der Waals surface area (Å²) >= 11 is 0. The SMILES string of the molecule is COc1c(C)cc(-c2ccc(C)cc2)cc1C=O. The van der Waals surface area contributed by atoms with E-state index in [0.717, 1.165) is 23.0 Å². The molecule has 0 aliphatic heterocycles. The second kappa shape index (κ2) is 5.05. The van der Waals surface area contributed by atoms with Gasteiger partial charge in [-0.1, -0.05) is 29.8 Å². The van der Waals surface area contributed by atoms with Crippen LogP contribution in [0.5, 0.6) is 5.75 Å². The summed E-state index contributed by atoms with van der Waals surface area (Å²) < 4.78 is 5.25. The molecule has 0 N–H and O–H groups in total. The lowest BCUT2D eigenvalue weighted by atomic mass is 9.99. The van der Waals surface area contributed by atoms with Crippen LogP contribution < -0.4 is 4.74 Å². The van der Waals surface area contributed by atoms with Gasteiger partial charge in [0.1, 0.15) is 5.75 Å². The van der Waals surface area contributed by atoms with Crippen LogP contribution in [0.2, 0.25) is 0 Å². The molecule has 0 atom stereocenters. The predicted octanol–water partition coefficient (Wildman–Crippen LogP) is 3.79. The highest BCUT2D eigenvalue weighted by Crippen LogP contribution is 2.29. The summed E-state index contributed by atoms with van der Waals surface area (Å²) in [6.45, 7) is 4.00. The molecule has 0 aliphatic rings. The van der Waals surface area contributed by atoms with Crippen LogP contribution in [0.1, 0.15) is 21.5 Å². The Labute approximate surface area is 107 Å². The monoisotopic (exact) mass is 240 g/mol. The van der Waals surface area contributed by atoms with E-state index in [-0.39, 0.29) is 0 Å². The summed E-state index contributed by atoms with van der Waals surface area (Å²) in [5, 5.41) is 0. The van der Waals surface area contributed by atoms with Gasteiger partial charge in [-0.2, -0.15) is 0 Å². The van der Waals surface area contributed by atoms with E-state index in [1.54, 1.807) is 7.11 Å². The van der Waals surface area contributed by atoms with Crippen LogP contribution in [0.4, 0.5) is 0 Å². The van der Waals surface area contributed by atoms with Crippen LogP contribution in [-0.4, -0.2) is 13.4 Å². The topological polar surface area (TPSA) is 26.3 Å². The van der Waals surface area contributed by atoms with Crippen molar-refractivity contribution in [1.82, 2.24) is 0 Å². The van der Waals surface area contributed by atoms with E-state index in [2.05, 4.69) is 31.2 Å². The van der Waals surface area contributed by atoms with Gasteiger partial charge in [0.25, 0.3) is 0 Å². The van der Waals surface area contributed by atoms with Gasteiger partial charge in [-0.05, 0) is 42.7 Å². The molecule has 0 aliphatic carbocycles. The number of aldehydes is 1. The average Bonchev–Trinajstić information content (AvgIpc) is 2.38. The molecule has 0 saturated heterocycles. The summed E-state index contributed by atoms with van der Waals surface area (Å²) in [4.78, 5) is 11.1. The highest BCUT2D eigenvalue weighted by Gasteiger charge is 2.09. The third-order valence-corrected chi connectivity index (χ3v) is 3.02. The summed E-state index contributed by atoms with van der Waals surface area (Å²) in [6, 6.07) is 12.2. The van der Waals surface area contributed by atoms with Gasteiger partial charge in [0.05, 0.1) is 12.7 Å². The van der Waals surface area contributed by atoms with Crippen molar-refractivity contribution < 1.29 is 9.53 Å². The Bertz CT molecular complexity index is 568. The van der Waals surface area contributed by atoms with Gasteiger partial charge < -0.3 is 4.74 Å².